The summed E-state index contributed by atoms with van der Waals surface area (Å²) >= 11 is 12.8. The predicted molar refractivity (Wildman–Crippen MR) is 247 cm³/mol. The van der Waals surface area contributed by atoms with Crippen molar-refractivity contribution < 1.29 is 28.9 Å². The fourth-order valence-electron chi connectivity index (χ4n) is 10.3. The molecule has 2 aliphatic heterocycles. The van der Waals surface area contributed by atoms with E-state index in [9.17, 15) is 19.5 Å². The minimum Gasteiger partial charge on any atom is -0.507 e. The molecule has 1 saturated carbocycles. The molecule has 2 aromatic heterocycles. The molecule has 7 aromatic rings. The highest BCUT2D eigenvalue weighted by molar-refractivity contribution is 6.36. The van der Waals surface area contributed by atoms with Crippen LogP contribution in [0.3, 0.4) is 0 Å². The molecule has 2 amide bonds. The first-order valence-electron chi connectivity index (χ1n) is 21.0. The van der Waals surface area contributed by atoms with Crippen LogP contribution in [0.5, 0.6) is 23.0 Å². The van der Waals surface area contributed by atoms with Crippen LogP contribution in [0.4, 0.5) is 5.69 Å². The number of rotatable bonds is 10. The van der Waals surface area contributed by atoms with Gasteiger partial charge >= 0.3 is 11.4 Å². The number of allylic oxidation sites excluding steroid dienone is 2. The Hall–Kier alpha value is -7.30. The van der Waals surface area contributed by atoms with Crippen LogP contribution in [0.25, 0.3) is 21.8 Å². The molecule has 66 heavy (non-hydrogen) atoms. The molecule has 18 heteroatoms. The van der Waals surface area contributed by atoms with Gasteiger partial charge in [0.2, 0.25) is 0 Å². The van der Waals surface area contributed by atoms with Gasteiger partial charge in [0, 0.05) is 54.0 Å². The number of nitrogens with one attached hydrogen (secondary N) is 1. The van der Waals surface area contributed by atoms with Gasteiger partial charge in [-0.2, -0.15) is 5.01 Å². The Kier molecular flexibility index (Phi) is 10.3. The van der Waals surface area contributed by atoms with E-state index < -0.39 is 52.0 Å². The van der Waals surface area contributed by atoms with E-state index in [4.69, 9.17) is 37.4 Å². The first-order chi connectivity index (χ1) is 31.8. The predicted octanol–water partition coefficient (Wildman–Crippen LogP) is 6.11. The molecule has 0 unspecified atom stereocenters. The Bertz CT molecular complexity index is 3410. The first kappa shape index (κ1) is 42.6. The van der Waals surface area contributed by atoms with Crippen molar-refractivity contribution in [2.45, 2.75) is 43.3 Å². The van der Waals surface area contributed by atoms with E-state index in [0.29, 0.717) is 55.4 Å². The molecule has 2 fully saturated rings. The van der Waals surface area contributed by atoms with Crippen LogP contribution in [0.2, 0.25) is 10.0 Å². The van der Waals surface area contributed by atoms with Crippen LogP contribution in [-0.4, -0.2) is 66.7 Å². The van der Waals surface area contributed by atoms with Crippen LogP contribution >= 0.6 is 23.2 Å². The van der Waals surface area contributed by atoms with Crippen LogP contribution in [-0.2, 0) is 41.6 Å². The molecule has 16 nitrogen and oxygen atoms in total. The Balaban J connectivity index is 1.13. The highest BCUT2D eigenvalue weighted by atomic mass is 35.5. The van der Waals surface area contributed by atoms with Crippen molar-refractivity contribution in [1.82, 2.24) is 28.5 Å². The minimum absolute atomic E-state index is 0.0707. The maximum atomic E-state index is 15.7. The molecule has 0 spiro atoms. The lowest BCUT2D eigenvalue weighted by atomic mass is 9.53. The molecule has 2 N–H and O–H groups in total. The number of aromatic nitrogens is 5. The van der Waals surface area contributed by atoms with E-state index >= 15 is 9.59 Å². The Labute approximate surface area is 385 Å². The summed E-state index contributed by atoms with van der Waals surface area (Å²) in [6.45, 7) is -0.276. The minimum atomic E-state index is -1.72. The van der Waals surface area contributed by atoms with Gasteiger partial charge < -0.3 is 23.9 Å². The number of ether oxygens (including phenoxy) is 3. The van der Waals surface area contributed by atoms with E-state index in [2.05, 4.69) is 10.4 Å². The van der Waals surface area contributed by atoms with Crippen LogP contribution < -0.4 is 36.6 Å². The Morgan fingerprint density at radius 3 is 2.33 bits per heavy atom. The zero-order valence-electron chi connectivity index (χ0n) is 36.0. The summed E-state index contributed by atoms with van der Waals surface area (Å²) in [6, 6.07) is 24.7. The van der Waals surface area contributed by atoms with Gasteiger partial charge in [-0.1, -0.05) is 77.8 Å². The summed E-state index contributed by atoms with van der Waals surface area (Å²) < 4.78 is 21.5. The summed E-state index contributed by atoms with van der Waals surface area (Å²) in [5, 5.41) is 15.0. The lowest BCUT2D eigenvalue weighted by molar-refractivity contribution is -0.138. The zero-order chi connectivity index (χ0) is 46.3. The van der Waals surface area contributed by atoms with Gasteiger partial charge in [-0.3, -0.25) is 19.8 Å². The van der Waals surface area contributed by atoms with Gasteiger partial charge in [0.25, 0.3) is 17.4 Å². The van der Waals surface area contributed by atoms with Crippen molar-refractivity contribution in [2.24, 2.45) is 13.0 Å². The smallest absolute Gasteiger partial charge is 0.347 e. The lowest BCUT2D eigenvalue weighted by Gasteiger charge is -2.49. The number of fused-ring (bicyclic) bond motifs is 6. The van der Waals surface area contributed by atoms with E-state index in [-0.39, 0.29) is 48.1 Å². The SMILES string of the molecule is COc1ccc([C@@]23C(=O)N(Nc4ccc(Cl)cc4Cl)C(=O)[C@@H]2C[C@@H]2C(=CCn4c(=O)n(CCc5nc6cc(OC)c(OC)cc6n(C)c5=O)c(=O)n42)[C@@H]3c2ccc3ccccc3c2O)cc1. The number of imide groups is 1. The zero-order valence-corrected chi connectivity index (χ0v) is 37.5. The van der Waals surface area contributed by atoms with Gasteiger partial charge in [-0.05, 0) is 53.3 Å². The monoisotopic (exact) mass is 929 g/mol. The van der Waals surface area contributed by atoms with Crippen LogP contribution in [0, 0.1) is 5.92 Å². The van der Waals surface area contributed by atoms with E-state index in [1.807, 2.05) is 24.3 Å². The van der Waals surface area contributed by atoms with E-state index in [1.54, 1.807) is 73.8 Å². The third-order valence-corrected chi connectivity index (χ3v) is 13.9. The van der Waals surface area contributed by atoms with Gasteiger partial charge in [0.05, 0.1) is 67.0 Å². The normalized spacial score (nSPS) is 19.9. The van der Waals surface area contributed by atoms with Crippen LogP contribution in [0.1, 0.15) is 35.2 Å². The lowest BCUT2D eigenvalue weighted by Crippen LogP contribution is -2.53. The number of aromatic hydroxyl groups is 1. The maximum Gasteiger partial charge on any atom is 0.347 e. The third-order valence-electron chi connectivity index (χ3n) is 13.4. The number of amides is 2. The van der Waals surface area contributed by atoms with Gasteiger partial charge in [-0.15, -0.1) is 0 Å². The van der Waals surface area contributed by atoms with Crippen LogP contribution in [0.15, 0.2) is 117 Å². The molecular formula is C48H41Cl2N7O9. The highest BCUT2D eigenvalue weighted by Crippen LogP contribution is 2.63. The second kappa shape index (κ2) is 16.0. The topological polar surface area (TPSA) is 181 Å². The number of hydrogen-bond donors (Lipinski definition) is 2. The molecule has 1 aliphatic carbocycles. The van der Waals surface area contributed by atoms with E-state index in [1.165, 1.54) is 41.3 Å². The number of benzene rings is 5. The average Bonchev–Trinajstić information content (AvgIpc) is 3.70. The number of phenolic OH excluding ortho intramolecular Hbond substituents is 1. The number of carbonyl (C=O) groups excluding carboxylic acids is 2. The quantitative estimate of drug-likeness (QED) is 0.119. The third kappa shape index (κ3) is 6.26. The Morgan fingerprint density at radius 2 is 1.61 bits per heavy atom. The highest BCUT2D eigenvalue weighted by Gasteiger charge is 2.69. The number of halogens is 2. The molecule has 0 radical (unpaired) electrons. The number of methoxy groups -OCH3 is 3. The largest absolute Gasteiger partial charge is 0.507 e. The molecule has 336 valence electrons. The molecule has 5 aromatic carbocycles. The van der Waals surface area contributed by atoms with Crippen molar-refractivity contribution in [2.75, 3.05) is 26.8 Å². The molecular weight excluding hydrogens is 889 g/mol. The Morgan fingerprint density at radius 1 is 0.864 bits per heavy atom. The maximum absolute atomic E-state index is 15.7. The number of hydrogen-bond acceptors (Lipinski definition) is 11. The van der Waals surface area contributed by atoms with Crippen molar-refractivity contribution in [3.8, 4) is 23.0 Å². The molecule has 3 aliphatic rings. The summed E-state index contributed by atoms with van der Waals surface area (Å²) in [5.74, 6) is -2.25. The summed E-state index contributed by atoms with van der Waals surface area (Å²) in [6.07, 6.45) is 1.64. The number of anilines is 1. The molecule has 10 rings (SSSR count). The second-order valence-corrected chi connectivity index (χ2v) is 17.3. The standard InChI is InChI=1S/C48H41Cl2N7O9/c1-53-38-24-40(66-4)39(65-3)23-36(38)51-35(44(53)60)18-19-54-46(62)55-20-17-30-37(57(55)47(54)63)22-32-43(59)56(52-34-16-12-27(49)21-33(34)50)45(61)48(32,26-10-13-28(64-2)14-11-26)41(30)31-15-9-25-7-5-6-8-29(25)42(31)58/h5-17,21,23-24,32,37,41,52,58H,18-20,22H2,1-4H3/t32-,37+,41+,48+/m0/s1. The average molecular weight is 931 g/mol. The molecule has 4 atom stereocenters. The summed E-state index contributed by atoms with van der Waals surface area (Å²) in [7, 11) is 6.10. The van der Waals surface area contributed by atoms with Gasteiger partial charge in [0.1, 0.15) is 17.2 Å². The fourth-order valence-corrected chi connectivity index (χ4v) is 10.7. The number of hydrazine groups is 1. The van der Waals surface area contributed by atoms with Crippen molar-refractivity contribution in [1.29, 1.82) is 0 Å². The van der Waals surface area contributed by atoms with Crippen molar-refractivity contribution in [3.63, 3.8) is 0 Å². The van der Waals surface area contributed by atoms with E-state index in [0.717, 1.165) is 15.0 Å². The second-order valence-electron chi connectivity index (χ2n) is 16.5. The number of aryl methyl sites for hydroxylation is 2. The molecule has 0 bridgehead atoms. The van der Waals surface area contributed by atoms with Crippen molar-refractivity contribution >= 4 is 62.5 Å². The molecule has 1 saturated heterocycles. The van der Waals surface area contributed by atoms with Gasteiger partial charge in [0.15, 0.2) is 11.5 Å². The number of phenols is 1. The van der Waals surface area contributed by atoms with Gasteiger partial charge in [-0.25, -0.2) is 28.5 Å². The first-order valence-corrected chi connectivity index (χ1v) is 21.8. The fraction of sp³-hybridized carbons (Fsp3) is 0.250. The summed E-state index contributed by atoms with van der Waals surface area (Å²) in [5.41, 5.74) is 2.18. The van der Waals surface area contributed by atoms with Crippen molar-refractivity contribution in [3.05, 3.63) is 161 Å². The molecule has 4 heterocycles. The number of nitrogens with zero attached hydrogens (tertiary/aromatic N) is 6. The number of carbonyl (C=O) groups is 2. The summed E-state index contributed by atoms with van der Waals surface area (Å²) in [4.78, 5) is 78.3.